The maximum absolute atomic E-state index is 10.8. The van der Waals surface area contributed by atoms with Gasteiger partial charge in [-0.25, -0.2) is 4.98 Å². The Hall–Kier alpha value is -1.86. The molecule has 1 N–H and O–H groups in total. The molecular formula is C19H24N2OS. The highest BCUT2D eigenvalue weighted by molar-refractivity contribution is 7.10. The van der Waals surface area contributed by atoms with Gasteiger partial charge >= 0.3 is 0 Å². The number of hydrogen-bond acceptors (Lipinski definition) is 4. The highest BCUT2D eigenvalue weighted by Crippen LogP contribution is 2.42. The zero-order valence-electron chi connectivity index (χ0n) is 14.7. The minimum Gasteiger partial charge on any atom is -0.507 e. The molecule has 0 spiro atoms. The van der Waals surface area contributed by atoms with E-state index in [4.69, 9.17) is 5.26 Å². The standard InChI is InChI=1S/C19H24N2OS/c1-18(2,3)13-9-12(10-14(17(13)22)19(4,5)6)15-11-23-16(21-15)7-8-20/h9-11,22H,7H2,1-6H3. The van der Waals surface area contributed by atoms with Crippen LogP contribution in [0, 0.1) is 11.3 Å². The molecule has 0 saturated carbocycles. The fourth-order valence-electron chi connectivity index (χ4n) is 2.52. The lowest BCUT2D eigenvalue weighted by Gasteiger charge is -2.28. The van der Waals surface area contributed by atoms with Crippen LogP contribution in [0.1, 0.15) is 57.7 Å². The van der Waals surface area contributed by atoms with Crippen LogP contribution in [0.15, 0.2) is 17.5 Å². The first-order valence-electron chi connectivity index (χ1n) is 7.73. The van der Waals surface area contributed by atoms with Crippen molar-refractivity contribution in [2.45, 2.75) is 58.8 Å². The number of nitrogens with zero attached hydrogens (tertiary/aromatic N) is 2. The molecule has 0 aliphatic heterocycles. The number of nitriles is 1. The predicted octanol–water partition coefficient (Wildman–Crippen LogP) is 5.18. The molecule has 0 amide bonds. The van der Waals surface area contributed by atoms with Crippen molar-refractivity contribution in [2.75, 3.05) is 0 Å². The summed E-state index contributed by atoms with van der Waals surface area (Å²) in [4.78, 5) is 4.56. The molecule has 1 heterocycles. The monoisotopic (exact) mass is 328 g/mol. The summed E-state index contributed by atoms with van der Waals surface area (Å²) < 4.78 is 0. The Bertz CT molecular complexity index is 720. The Balaban J connectivity index is 2.66. The van der Waals surface area contributed by atoms with Crippen LogP contribution in [0.25, 0.3) is 11.3 Å². The van der Waals surface area contributed by atoms with Crippen molar-refractivity contribution in [3.05, 3.63) is 33.6 Å². The third-order valence-corrected chi connectivity index (χ3v) is 4.65. The molecule has 2 aromatic rings. The van der Waals surface area contributed by atoms with Gasteiger partial charge in [-0.3, -0.25) is 0 Å². The van der Waals surface area contributed by atoms with E-state index in [1.807, 2.05) is 17.5 Å². The van der Waals surface area contributed by atoms with E-state index >= 15 is 0 Å². The number of aromatic nitrogens is 1. The van der Waals surface area contributed by atoms with Gasteiger partial charge in [0.25, 0.3) is 0 Å². The topological polar surface area (TPSA) is 56.9 Å². The lowest BCUT2D eigenvalue weighted by molar-refractivity contribution is 0.423. The van der Waals surface area contributed by atoms with Crippen molar-refractivity contribution in [3.63, 3.8) is 0 Å². The Morgan fingerprint density at radius 1 is 1.09 bits per heavy atom. The molecular weight excluding hydrogens is 304 g/mol. The molecule has 1 aromatic carbocycles. The average Bonchev–Trinajstić information content (AvgIpc) is 2.85. The maximum atomic E-state index is 10.8. The van der Waals surface area contributed by atoms with E-state index in [9.17, 15) is 5.11 Å². The molecule has 0 atom stereocenters. The molecule has 2 rings (SSSR count). The first kappa shape index (κ1) is 17.5. The quantitative estimate of drug-likeness (QED) is 0.826. The zero-order valence-corrected chi connectivity index (χ0v) is 15.5. The number of rotatable bonds is 2. The van der Waals surface area contributed by atoms with Crippen molar-refractivity contribution in [1.82, 2.24) is 4.98 Å². The molecule has 0 fully saturated rings. The van der Waals surface area contributed by atoms with Gasteiger partial charge in [0.2, 0.25) is 0 Å². The number of hydrogen-bond donors (Lipinski definition) is 1. The SMILES string of the molecule is CC(C)(C)c1cc(-c2csc(CC#N)n2)cc(C(C)(C)C)c1O. The maximum Gasteiger partial charge on any atom is 0.123 e. The average molecular weight is 328 g/mol. The second kappa shape index (κ2) is 5.98. The summed E-state index contributed by atoms with van der Waals surface area (Å²) in [5.41, 5.74) is 3.40. The van der Waals surface area contributed by atoms with E-state index in [-0.39, 0.29) is 10.8 Å². The highest BCUT2D eigenvalue weighted by Gasteiger charge is 2.27. The second-order valence-corrected chi connectivity index (χ2v) is 8.82. The van der Waals surface area contributed by atoms with E-state index in [1.54, 1.807) is 0 Å². The molecule has 0 saturated heterocycles. The summed E-state index contributed by atoms with van der Waals surface area (Å²) in [5, 5.41) is 22.4. The van der Waals surface area contributed by atoms with E-state index in [0.29, 0.717) is 12.2 Å². The van der Waals surface area contributed by atoms with Crippen molar-refractivity contribution in [2.24, 2.45) is 0 Å². The molecule has 0 bridgehead atoms. The van der Waals surface area contributed by atoms with Gasteiger partial charge in [-0.15, -0.1) is 11.3 Å². The Labute approximate surface area is 142 Å². The van der Waals surface area contributed by atoms with Crippen molar-refractivity contribution in [1.29, 1.82) is 5.26 Å². The van der Waals surface area contributed by atoms with Gasteiger partial charge in [-0.1, -0.05) is 41.5 Å². The van der Waals surface area contributed by atoms with Gasteiger partial charge in [-0.2, -0.15) is 5.26 Å². The van der Waals surface area contributed by atoms with Crippen molar-refractivity contribution >= 4 is 11.3 Å². The lowest BCUT2D eigenvalue weighted by atomic mass is 9.78. The molecule has 0 aliphatic carbocycles. The van der Waals surface area contributed by atoms with Crippen LogP contribution in [0.3, 0.4) is 0 Å². The smallest absolute Gasteiger partial charge is 0.123 e. The van der Waals surface area contributed by atoms with Crippen LogP contribution in [0.2, 0.25) is 0 Å². The Morgan fingerprint density at radius 2 is 1.61 bits per heavy atom. The minimum absolute atomic E-state index is 0.161. The zero-order chi connectivity index (χ0) is 17.4. The third kappa shape index (κ3) is 3.73. The molecule has 3 nitrogen and oxygen atoms in total. The molecule has 0 radical (unpaired) electrons. The van der Waals surface area contributed by atoms with Gasteiger partial charge < -0.3 is 5.11 Å². The van der Waals surface area contributed by atoms with E-state index in [0.717, 1.165) is 27.4 Å². The summed E-state index contributed by atoms with van der Waals surface area (Å²) >= 11 is 1.50. The van der Waals surface area contributed by atoms with Gasteiger partial charge in [0.15, 0.2) is 0 Å². The lowest BCUT2D eigenvalue weighted by Crippen LogP contribution is -2.17. The minimum atomic E-state index is -0.161. The normalized spacial score (nSPS) is 12.2. The largest absolute Gasteiger partial charge is 0.507 e. The van der Waals surface area contributed by atoms with Gasteiger partial charge in [0.05, 0.1) is 18.2 Å². The van der Waals surface area contributed by atoms with Crippen molar-refractivity contribution < 1.29 is 5.11 Å². The number of thiazole rings is 1. The van der Waals surface area contributed by atoms with Gasteiger partial charge in [-0.05, 0) is 23.0 Å². The van der Waals surface area contributed by atoms with E-state index in [2.05, 4.69) is 52.6 Å². The molecule has 4 heteroatoms. The molecule has 0 unspecified atom stereocenters. The van der Waals surface area contributed by atoms with Gasteiger partial charge in [0.1, 0.15) is 10.8 Å². The van der Waals surface area contributed by atoms with Crippen LogP contribution in [-0.2, 0) is 17.3 Å². The van der Waals surface area contributed by atoms with Crippen LogP contribution < -0.4 is 0 Å². The number of benzene rings is 1. The summed E-state index contributed by atoms with van der Waals surface area (Å²) in [7, 11) is 0. The number of phenolic OH excluding ortho intramolecular Hbond substituents is 1. The summed E-state index contributed by atoms with van der Waals surface area (Å²) in [5.74, 6) is 0.376. The Kier molecular flexibility index (Phi) is 4.54. The van der Waals surface area contributed by atoms with E-state index in [1.165, 1.54) is 11.3 Å². The summed E-state index contributed by atoms with van der Waals surface area (Å²) in [6.07, 6.45) is 0.334. The molecule has 0 aliphatic rings. The first-order valence-corrected chi connectivity index (χ1v) is 8.61. The van der Waals surface area contributed by atoms with E-state index < -0.39 is 0 Å². The van der Waals surface area contributed by atoms with Crippen molar-refractivity contribution in [3.8, 4) is 23.1 Å². The fraction of sp³-hybridized carbons (Fsp3) is 0.474. The second-order valence-electron chi connectivity index (χ2n) is 7.88. The number of phenols is 1. The van der Waals surface area contributed by atoms with Gasteiger partial charge in [0, 0.05) is 22.1 Å². The fourth-order valence-corrected chi connectivity index (χ4v) is 3.25. The van der Waals surface area contributed by atoms with Crippen LogP contribution >= 0.6 is 11.3 Å². The first-order chi connectivity index (χ1) is 10.5. The van der Waals surface area contributed by atoms with Crippen LogP contribution in [0.4, 0.5) is 0 Å². The van der Waals surface area contributed by atoms with Crippen LogP contribution in [0.5, 0.6) is 5.75 Å². The third-order valence-electron chi connectivity index (χ3n) is 3.80. The molecule has 122 valence electrons. The summed E-state index contributed by atoms with van der Waals surface area (Å²) in [6, 6.07) is 6.18. The summed E-state index contributed by atoms with van der Waals surface area (Å²) in [6.45, 7) is 12.6. The predicted molar refractivity (Wildman–Crippen MR) is 95.9 cm³/mol. The number of aromatic hydroxyl groups is 1. The Morgan fingerprint density at radius 3 is 2.04 bits per heavy atom. The molecule has 1 aromatic heterocycles. The van der Waals surface area contributed by atoms with Crippen LogP contribution in [-0.4, -0.2) is 10.1 Å². The molecule has 23 heavy (non-hydrogen) atoms. The highest BCUT2D eigenvalue weighted by atomic mass is 32.1.